The van der Waals surface area contributed by atoms with Gasteiger partial charge in [-0.25, -0.2) is 0 Å². The summed E-state index contributed by atoms with van der Waals surface area (Å²) in [5, 5.41) is 29.0. The molecule has 0 radical (unpaired) electrons. The minimum absolute atomic E-state index is 0.0196. The number of nitro groups is 1. The standard InChI is InChI=1S/C12H10N4O3/c13-7-9-5-11(15-1-3-19-4-2-15)12(16(17)18)6-10(9)8-14/h5-6H,1-4H2. The van der Waals surface area contributed by atoms with Crippen LogP contribution in [0.15, 0.2) is 12.1 Å². The molecule has 0 atom stereocenters. The Hall–Kier alpha value is -2.64. The molecule has 7 nitrogen and oxygen atoms in total. The highest BCUT2D eigenvalue weighted by atomic mass is 16.6. The molecule has 1 heterocycles. The Kier molecular flexibility index (Phi) is 3.60. The van der Waals surface area contributed by atoms with E-state index in [0.717, 1.165) is 6.07 Å². The van der Waals surface area contributed by atoms with Crippen LogP contribution in [0.25, 0.3) is 0 Å². The second-order valence-electron chi connectivity index (χ2n) is 3.97. The fourth-order valence-corrected chi connectivity index (χ4v) is 1.97. The molecule has 1 saturated heterocycles. The smallest absolute Gasteiger partial charge is 0.293 e. The van der Waals surface area contributed by atoms with Gasteiger partial charge >= 0.3 is 0 Å². The van der Waals surface area contributed by atoms with E-state index in [9.17, 15) is 10.1 Å². The number of nitriles is 2. The van der Waals surface area contributed by atoms with Crippen LogP contribution in [0.5, 0.6) is 0 Å². The zero-order valence-corrected chi connectivity index (χ0v) is 10.00. The summed E-state index contributed by atoms with van der Waals surface area (Å²) in [5.74, 6) is 0. The zero-order chi connectivity index (χ0) is 13.8. The highest BCUT2D eigenvalue weighted by molar-refractivity contribution is 5.70. The number of anilines is 1. The van der Waals surface area contributed by atoms with Crippen LogP contribution >= 0.6 is 0 Å². The molecule has 1 aromatic rings. The summed E-state index contributed by atoms with van der Waals surface area (Å²) in [4.78, 5) is 12.3. The van der Waals surface area contributed by atoms with E-state index < -0.39 is 4.92 Å². The van der Waals surface area contributed by atoms with Gasteiger partial charge in [-0.15, -0.1) is 0 Å². The average molecular weight is 258 g/mol. The van der Waals surface area contributed by atoms with Crippen molar-refractivity contribution in [2.24, 2.45) is 0 Å². The molecule has 0 unspecified atom stereocenters. The van der Waals surface area contributed by atoms with E-state index in [-0.39, 0.29) is 16.8 Å². The number of ether oxygens (including phenoxy) is 1. The lowest BCUT2D eigenvalue weighted by Gasteiger charge is -2.28. The fraction of sp³-hybridized carbons (Fsp3) is 0.333. The third-order valence-corrected chi connectivity index (χ3v) is 2.90. The van der Waals surface area contributed by atoms with Gasteiger partial charge in [0.15, 0.2) is 0 Å². The van der Waals surface area contributed by atoms with Crippen molar-refractivity contribution in [1.82, 2.24) is 0 Å². The molecule has 1 aliphatic rings. The average Bonchev–Trinajstić information content (AvgIpc) is 2.46. The molecule has 1 aromatic carbocycles. The van der Waals surface area contributed by atoms with Crippen molar-refractivity contribution in [3.63, 3.8) is 0 Å². The van der Waals surface area contributed by atoms with Gasteiger partial charge in [-0.05, 0) is 6.07 Å². The van der Waals surface area contributed by atoms with Crippen LogP contribution in [0.2, 0.25) is 0 Å². The fourth-order valence-electron chi connectivity index (χ4n) is 1.97. The second kappa shape index (κ2) is 5.34. The van der Waals surface area contributed by atoms with E-state index in [0.29, 0.717) is 32.0 Å². The van der Waals surface area contributed by atoms with E-state index in [1.807, 2.05) is 6.07 Å². The van der Waals surface area contributed by atoms with Crippen LogP contribution in [0.4, 0.5) is 11.4 Å². The van der Waals surface area contributed by atoms with E-state index in [4.69, 9.17) is 15.3 Å². The first-order valence-corrected chi connectivity index (χ1v) is 5.62. The lowest BCUT2D eigenvalue weighted by molar-refractivity contribution is -0.384. The summed E-state index contributed by atoms with van der Waals surface area (Å²) in [5.41, 5.74) is 0.377. The van der Waals surface area contributed by atoms with E-state index in [2.05, 4.69) is 0 Å². The Morgan fingerprint density at radius 1 is 1.21 bits per heavy atom. The minimum atomic E-state index is -0.535. The Morgan fingerprint density at radius 3 is 2.32 bits per heavy atom. The molecule has 0 amide bonds. The third kappa shape index (κ3) is 2.46. The quantitative estimate of drug-likeness (QED) is 0.582. The molecule has 96 valence electrons. The van der Waals surface area contributed by atoms with Gasteiger partial charge in [0.05, 0.1) is 29.3 Å². The van der Waals surface area contributed by atoms with Crippen molar-refractivity contribution < 1.29 is 9.66 Å². The van der Waals surface area contributed by atoms with Crippen LogP contribution in [0.1, 0.15) is 11.1 Å². The van der Waals surface area contributed by atoms with E-state index in [1.165, 1.54) is 6.07 Å². The number of benzene rings is 1. The molecule has 1 fully saturated rings. The highest BCUT2D eigenvalue weighted by Crippen LogP contribution is 2.31. The van der Waals surface area contributed by atoms with Gasteiger partial charge in [0.1, 0.15) is 17.8 Å². The second-order valence-corrected chi connectivity index (χ2v) is 3.97. The summed E-state index contributed by atoms with van der Waals surface area (Å²) in [6.45, 7) is 2.02. The molecule has 0 aromatic heterocycles. The number of morpholine rings is 1. The predicted octanol–water partition coefficient (Wildman–Crippen LogP) is 1.17. The number of rotatable bonds is 2. The van der Waals surface area contributed by atoms with Gasteiger partial charge in [0, 0.05) is 19.2 Å². The van der Waals surface area contributed by atoms with Gasteiger partial charge in [-0.1, -0.05) is 0 Å². The molecule has 0 aliphatic carbocycles. The van der Waals surface area contributed by atoms with Crippen molar-refractivity contribution in [1.29, 1.82) is 10.5 Å². The van der Waals surface area contributed by atoms with Crippen molar-refractivity contribution in [2.45, 2.75) is 0 Å². The first kappa shape index (κ1) is 12.8. The molecule has 0 bridgehead atoms. The summed E-state index contributed by atoms with van der Waals surface area (Å²) >= 11 is 0. The summed E-state index contributed by atoms with van der Waals surface area (Å²) in [6.07, 6.45) is 0. The van der Waals surface area contributed by atoms with Crippen LogP contribution in [-0.4, -0.2) is 31.2 Å². The Labute approximate surface area is 109 Å². The first-order chi connectivity index (χ1) is 9.17. The SMILES string of the molecule is N#Cc1cc(N2CCOCC2)c([N+](=O)[O-])cc1C#N. The van der Waals surface area contributed by atoms with E-state index >= 15 is 0 Å². The van der Waals surface area contributed by atoms with Crippen molar-refractivity contribution in [3.8, 4) is 12.1 Å². The monoisotopic (exact) mass is 258 g/mol. The van der Waals surface area contributed by atoms with Gasteiger partial charge in [0.25, 0.3) is 5.69 Å². The molecule has 1 aliphatic heterocycles. The summed E-state index contributed by atoms with van der Waals surface area (Å²) < 4.78 is 5.19. The van der Waals surface area contributed by atoms with E-state index in [1.54, 1.807) is 11.0 Å². The molecule has 19 heavy (non-hydrogen) atoms. The van der Waals surface area contributed by atoms with Gasteiger partial charge in [-0.3, -0.25) is 10.1 Å². The topological polar surface area (TPSA) is 103 Å². The van der Waals surface area contributed by atoms with Gasteiger partial charge < -0.3 is 9.64 Å². The van der Waals surface area contributed by atoms with Crippen LogP contribution in [0.3, 0.4) is 0 Å². The number of nitrogens with zero attached hydrogens (tertiary/aromatic N) is 4. The molecule has 7 heteroatoms. The molecular formula is C12H10N4O3. The van der Waals surface area contributed by atoms with Crippen LogP contribution in [-0.2, 0) is 4.74 Å². The minimum Gasteiger partial charge on any atom is -0.378 e. The molecule has 2 rings (SSSR count). The maximum atomic E-state index is 11.1. The van der Waals surface area contributed by atoms with Gasteiger partial charge in [0.2, 0.25) is 0 Å². The summed E-state index contributed by atoms with van der Waals surface area (Å²) in [7, 11) is 0. The van der Waals surface area contributed by atoms with Crippen molar-refractivity contribution in [3.05, 3.63) is 33.4 Å². The molecule has 0 N–H and O–H groups in total. The zero-order valence-electron chi connectivity index (χ0n) is 10.00. The maximum absolute atomic E-state index is 11.1. The predicted molar refractivity (Wildman–Crippen MR) is 65.6 cm³/mol. The lowest BCUT2D eigenvalue weighted by atomic mass is 10.1. The first-order valence-electron chi connectivity index (χ1n) is 5.62. The van der Waals surface area contributed by atoms with Crippen LogP contribution in [0, 0.1) is 32.8 Å². The number of nitro benzene ring substituents is 1. The Balaban J connectivity index is 2.54. The van der Waals surface area contributed by atoms with Gasteiger partial charge in [-0.2, -0.15) is 10.5 Å². The molecule has 0 saturated carbocycles. The highest BCUT2D eigenvalue weighted by Gasteiger charge is 2.24. The molecular weight excluding hydrogens is 248 g/mol. The number of hydrogen-bond acceptors (Lipinski definition) is 6. The normalized spacial score (nSPS) is 14.5. The largest absolute Gasteiger partial charge is 0.378 e. The number of hydrogen-bond donors (Lipinski definition) is 0. The Bertz CT molecular complexity index is 594. The van der Waals surface area contributed by atoms with Crippen LogP contribution < -0.4 is 4.90 Å². The lowest BCUT2D eigenvalue weighted by Crippen LogP contribution is -2.36. The van der Waals surface area contributed by atoms with Crippen molar-refractivity contribution >= 4 is 11.4 Å². The maximum Gasteiger partial charge on any atom is 0.293 e. The Morgan fingerprint density at radius 2 is 1.79 bits per heavy atom. The summed E-state index contributed by atoms with van der Waals surface area (Å²) in [6, 6.07) is 6.25. The van der Waals surface area contributed by atoms with Crippen molar-refractivity contribution in [2.75, 3.05) is 31.2 Å². The molecule has 0 spiro atoms. The third-order valence-electron chi connectivity index (χ3n) is 2.90.